The molecule has 7 heteroatoms. The third kappa shape index (κ3) is 3.92. The van der Waals surface area contributed by atoms with Gasteiger partial charge in [0, 0.05) is 10.1 Å². The normalized spacial score (nSPS) is 11.4. The van der Waals surface area contributed by atoms with Gasteiger partial charge in [-0.2, -0.15) is 13.1 Å². The van der Waals surface area contributed by atoms with Gasteiger partial charge in [0.2, 0.25) is 0 Å². The predicted octanol–water partition coefficient (Wildman–Crippen LogP) is 1.70. The van der Waals surface area contributed by atoms with Gasteiger partial charge in [0.15, 0.2) is 0 Å². The first-order valence-corrected chi connectivity index (χ1v) is 6.73. The van der Waals surface area contributed by atoms with Crippen LogP contribution in [0.15, 0.2) is 18.2 Å². The first-order valence-electron chi connectivity index (χ1n) is 4.17. The minimum Gasteiger partial charge on any atom is -0.270 e. The summed E-state index contributed by atoms with van der Waals surface area (Å²) in [5.41, 5.74) is 0.359. The zero-order valence-electron chi connectivity index (χ0n) is 7.92. The summed E-state index contributed by atoms with van der Waals surface area (Å²) in [7, 11) is -3.55. The number of anilines is 1. The molecule has 0 spiro atoms. The lowest BCUT2D eigenvalue weighted by atomic mass is 10.3. The van der Waals surface area contributed by atoms with Crippen molar-refractivity contribution in [3.05, 3.63) is 27.6 Å². The molecule has 0 unspecified atom stereocenters. The molecule has 0 fully saturated rings. The quantitative estimate of drug-likeness (QED) is 0.817. The van der Waals surface area contributed by atoms with E-state index >= 15 is 0 Å². The van der Waals surface area contributed by atoms with Crippen LogP contribution in [-0.2, 0) is 10.2 Å². The highest BCUT2D eigenvalue weighted by molar-refractivity contribution is 14.1. The van der Waals surface area contributed by atoms with Crippen molar-refractivity contribution >= 4 is 38.5 Å². The Hall–Kier alpha value is -0.410. The highest BCUT2D eigenvalue weighted by atomic mass is 127. The van der Waals surface area contributed by atoms with Crippen molar-refractivity contribution in [2.24, 2.45) is 0 Å². The summed E-state index contributed by atoms with van der Waals surface area (Å²) < 4.78 is 40.5. The summed E-state index contributed by atoms with van der Waals surface area (Å²) in [5.74, 6) is -0.397. The molecule has 0 bridgehead atoms. The smallest absolute Gasteiger partial charge is 0.270 e. The maximum absolute atomic E-state index is 12.7. The van der Waals surface area contributed by atoms with E-state index in [0.29, 0.717) is 15.8 Å². The second-order valence-corrected chi connectivity index (χ2v) is 5.39. The minimum atomic E-state index is -3.55. The molecule has 0 heterocycles. The van der Waals surface area contributed by atoms with Crippen molar-refractivity contribution in [2.45, 2.75) is 6.92 Å². The average molecular weight is 344 g/mol. The van der Waals surface area contributed by atoms with Gasteiger partial charge in [0.05, 0.1) is 5.69 Å². The van der Waals surface area contributed by atoms with Crippen LogP contribution in [0.5, 0.6) is 0 Å². The fourth-order valence-corrected chi connectivity index (χ4v) is 2.66. The van der Waals surface area contributed by atoms with Crippen LogP contribution in [0, 0.1) is 9.39 Å². The van der Waals surface area contributed by atoms with Gasteiger partial charge in [0.1, 0.15) is 5.82 Å². The number of rotatable bonds is 4. The Kier molecular flexibility index (Phi) is 4.29. The lowest BCUT2D eigenvalue weighted by Crippen LogP contribution is -2.30. The van der Waals surface area contributed by atoms with Gasteiger partial charge >= 0.3 is 0 Å². The third-order valence-corrected chi connectivity index (χ3v) is 3.56. The van der Waals surface area contributed by atoms with Crippen LogP contribution in [0.4, 0.5) is 10.1 Å². The highest BCUT2D eigenvalue weighted by Gasteiger charge is 2.10. The van der Waals surface area contributed by atoms with Gasteiger partial charge in [-0.1, -0.05) is 6.92 Å². The molecule has 0 amide bonds. The number of halogens is 2. The molecule has 1 aromatic rings. The Morgan fingerprint density at radius 3 is 2.67 bits per heavy atom. The highest BCUT2D eigenvalue weighted by Crippen LogP contribution is 2.19. The van der Waals surface area contributed by atoms with Crippen LogP contribution in [0.2, 0.25) is 0 Å². The molecule has 1 rings (SSSR count). The van der Waals surface area contributed by atoms with E-state index in [4.69, 9.17) is 0 Å². The van der Waals surface area contributed by atoms with Crippen molar-refractivity contribution in [1.82, 2.24) is 4.72 Å². The number of hydrogen-bond donors (Lipinski definition) is 2. The SMILES string of the molecule is CCNS(=O)(=O)Nc1ccc(F)cc1I. The van der Waals surface area contributed by atoms with Crippen molar-refractivity contribution < 1.29 is 12.8 Å². The van der Waals surface area contributed by atoms with Crippen molar-refractivity contribution in [2.75, 3.05) is 11.3 Å². The zero-order chi connectivity index (χ0) is 11.5. The number of hydrogen-bond acceptors (Lipinski definition) is 2. The molecule has 1 aromatic carbocycles. The zero-order valence-corrected chi connectivity index (χ0v) is 10.9. The van der Waals surface area contributed by atoms with E-state index in [2.05, 4.69) is 9.44 Å². The van der Waals surface area contributed by atoms with E-state index in [-0.39, 0.29) is 0 Å². The molecular weight excluding hydrogens is 334 g/mol. The maximum atomic E-state index is 12.7. The van der Waals surface area contributed by atoms with E-state index in [1.807, 2.05) is 22.6 Å². The predicted molar refractivity (Wildman–Crippen MR) is 65.3 cm³/mol. The average Bonchev–Trinajstić information content (AvgIpc) is 2.09. The first-order chi connectivity index (χ1) is 6.94. The van der Waals surface area contributed by atoms with Crippen LogP contribution >= 0.6 is 22.6 Å². The molecule has 2 N–H and O–H groups in total. The second-order valence-electron chi connectivity index (χ2n) is 2.73. The van der Waals surface area contributed by atoms with E-state index in [0.717, 1.165) is 0 Å². The third-order valence-electron chi connectivity index (χ3n) is 1.51. The molecule has 0 aliphatic heterocycles. The fraction of sp³-hybridized carbons (Fsp3) is 0.250. The second kappa shape index (κ2) is 5.08. The standard InChI is InChI=1S/C8H10FIN2O2S/c1-2-11-15(13,14)12-8-4-3-6(9)5-7(8)10/h3-5,11-12H,2H2,1H3. The number of benzene rings is 1. The summed E-state index contributed by atoms with van der Waals surface area (Å²) in [6, 6.07) is 3.84. The molecular formula is C8H10FIN2O2S. The topological polar surface area (TPSA) is 58.2 Å². The van der Waals surface area contributed by atoms with Crippen LogP contribution in [-0.4, -0.2) is 15.0 Å². The van der Waals surface area contributed by atoms with Crippen molar-refractivity contribution in [3.63, 3.8) is 0 Å². The summed E-state index contributed by atoms with van der Waals surface area (Å²) in [6.45, 7) is 1.97. The maximum Gasteiger partial charge on any atom is 0.299 e. The molecule has 0 aliphatic rings. The van der Waals surface area contributed by atoms with Crippen LogP contribution in [0.1, 0.15) is 6.92 Å². The summed E-state index contributed by atoms with van der Waals surface area (Å²) in [6.07, 6.45) is 0. The minimum absolute atomic E-state index is 0.299. The molecule has 15 heavy (non-hydrogen) atoms. The van der Waals surface area contributed by atoms with Gasteiger partial charge < -0.3 is 0 Å². The molecule has 84 valence electrons. The first kappa shape index (κ1) is 12.7. The lowest BCUT2D eigenvalue weighted by molar-refractivity contribution is 0.589. The van der Waals surface area contributed by atoms with E-state index in [1.54, 1.807) is 6.92 Å². The largest absolute Gasteiger partial charge is 0.299 e. The van der Waals surface area contributed by atoms with E-state index < -0.39 is 16.0 Å². The van der Waals surface area contributed by atoms with Gasteiger partial charge in [-0.25, -0.2) is 4.39 Å². The molecule has 4 nitrogen and oxygen atoms in total. The molecule has 0 saturated heterocycles. The van der Waals surface area contributed by atoms with E-state index in [9.17, 15) is 12.8 Å². The lowest BCUT2D eigenvalue weighted by Gasteiger charge is -2.09. The molecule has 0 atom stereocenters. The Morgan fingerprint density at radius 2 is 2.13 bits per heavy atom. The van der Waals surface area contributed by atoms with Crippen LogP contribution < -0.4 is 9.44 Å². The van der Waals surface area contributed by atoms with Crippen molar-refractivity contribution in [1.29, 1.82) is 0 Å². The van der Waals surface area contributed by atoms with Gasteiger partial charge in [-0.3, -0.25) is 4.72 Å². The Morgan fingerprint density at radius 1 is 1.47 bits per heavy atom. The summed E-state index contributed by atoms with van der Waals surface area (Å²) in [4.78, 5) is 0. The fourth-order valence-electron chi connectivity index (χ4n) is 0.943. The summed E-state index contributed by atoms with van der Waals surface area (Å²) in [5, 5.41) is 0. The molecule has 0 radical (unpaired) electrons. The van der Waals surface area contributed by atoms with E-state index in [1.165, 1.54) is 18.2 Å². The van der Waals surface area contributed by atoms with Crippen LogP contribution in [0.3, 0.4) is 0 Å². The van der Waals surface area contributed by atoms with Gasteiger partial charge in [-0.05, 0) is 40.8 Å². The van der Waals surface area contributed by atoms with Gasteiger partial charge in [-0.15, -0.1) is 0 Å². The molecule has 0 aromatic heterocycles. The molecule has 0 aliphatic carbocycles. The Balaban J connectivity index is 2.90. The Labute approximate surface area is 102 Å². The Bertz CT molecular complexity index is 450. The number of nitrogens with one attached hydrogen (secondary N) is 2. The van der Waals surface area contributed by atoms with Gasteiger partial charge in [0.25, 0.3) is 10.2 Å². The van der Waals surface area contributed by atoms with Crippen molar-refractivity contribution in [3.8, 4) is 0 Å². The molecule has 0 saturated carbocycles. The monoisotopic (exact) mass is 344 g/mol. The summed E-state index contributed by atoms with van der Waals surface area (Å²) >= 11 is 1.86. The van der Waals surface area contributed by atoms with Crippen LogP contribution in [0.25, 0.3) is 0 Å².